The van der Waals surface area contributed by atoms with Gasteiger partial charge in [0, 0.05) is 24.0 Å². The molecule has 2 fully saturated rings. The van der Waals surface area contributed by atoms with E-state index < -0.39 is 0 Å². The molecule has 2 heterocycles. The lowest BCUT2D eigenvalue weighted by Crippen LogP contribution is -2.43. The Kier molecular flexibility index (Phi) is 4.85. The second-order valence-corrected chi connectivity index (χ2v) is 6.48. The quantitative estimate of drug-likeness (QED) is 0.800. The first-order valence-corrected chi connectivity index (χ1v) is 6.49. The van der Waals surface area contributed by atoms with Crippen LogP contribution in [0.25, 0.3) is 0 Å². The van der Waals surface area contributed by atoms with Crippen LogP contribution in [0, 0.1) is 5.92 Å². The Morgan fingerprint density at radius 3 is 2.24 bits per heavy atom. The number of hydrogen-bond acceptors (Lipinski definition) is 2. The first-order chi connectivity index (χ1) is 7.42. The summed E-state index contributed by atoms with van der Waals surface area (Å²) in [6.45, 7) is 6.12. The van der Waals surface area contributed by atoms with Crippen molar-refractivity contribution in [2.75, 3.05) is 0 Å². The maximum atomic E-state index is 11.8. The highest BCUT2D eigenvalue weighted by atomic mass is 35.5. The molecule has 4 heteroatoms. The van der Waals surface area contributed by atoms with Crippen molar-refractivity contribution in [2.24, 2.45) is 5.92 Å². The zero-order valence-electron chi connectivity index (χ0n) is 11.1. The molecule has 2 unspecified atom stereocenters. The van der Waals surface area contributed by atoms with Crippen molar-refractivity contribution >= 4 is 18.3 Å². The maximum Gasteiger partial charge on any atom is 0.220 e. The third-order valence-corrected chi connectivity index (χ3v) is 3.56. The molecule has 3 nitrogen and oxygen atoms in total. The van der Waals surface area contributed by atoms with Gasteiger partial charge in [-0.25, -0.2) is 0 Å². The highest BCUT2D eigenvalue weighted by molar-refractivity contribution is 5.85. The van der Waals surface area contributed by atoms with Crippen LogP contribution in [0.2, 0.25) is 0 Å². The van der Waals surface area contributed by atoms with Crippen LogP contribution in [-0.4, -0.2) is 23.5 Å². The molecule has 0 aliphatic carbocycles. The van der Waals surface area contributed by atoms with Crippen LogP contribution in [-0.2, 0) is 4.79 Å². The second-order valence-electron chi connectivity index (χ2n) is 6.48. The molecule has 2 bridgehead atoms. The van der Waals surface area contributed by atoms with Crippen LogP contribution < -0.4 is 10.6 Å². The van der Waals surface area contributed by atoms with Gasteiger partial charge in [-0.2, -0.15) is 0 Å². The molecule has 0 aromatic carbocycles. The van der Waals surface area contributed by atoms with Crippen molar-refractivity contribution in [1.82, 2.24) is 10.6 Å². The van der Waals surface area contributed by atoms with Gasteiger partial charge in [-0.15, -0.1) is 12.4 Å². The molecule has 0 saturated carbocycles. The van der Waals surface area contributed by atoms with E-state index in [1.807, 2.05) is 20.8 Å². The molecule has 2 aliphatic rings. The lowest BCUT2D eigenvalue weighted by atomic mass is 9.89. The summed E-state index contributed by atoms with van der Waals surface area (Å²) in [6.07, 6.45) is 5.71. The average Bonchev–Trinajstić information content (AvgIpc) is 2.42. The summed E-state index contributed by atoms with van der Waals surface area (Å²) in [5, 5.41) is 6.67. The minimum atomic E-state index is -0.0943. The van der Waals surface area contributed by atoms with Crippen molar-refractivity contribution in [1.29, 1.82) is 0 Å². The van der Waals surface area contributed by atoms with E-state index in [1.54, 1.807) is 0 Å². The normalized spacial score (nSPS) is 31.8. The minimum Gasteiger partial charge on any atom is -0.352 e. The smallest absolute Gasteiger partial charge is 0.220 e. The lowest BCUT2D eigenvalue weighted by molar-refractivity contribution is -0.123. The van der Waals surface area contributed by atoms with E-state index in [-0.39, 0.29) is 23.9 Å². The predicted molar refractivity (Wildman–Crippen MR) is 72.4 cm³/mol. The van der Waals surface area contributed by atoms with Crippen molar-refractivity contribution in [3.63, 3.8) is 0 Å². The Morgan fingerprint density at radius 2 is 1.76 bits per heavy atom. The lowest BCUT2D eigenvalue weighted by Gasteiger charge is -2.29. The van der Waals surface area contributed by atoms with Crippen molar-refractivity contribution < 1.29 is 4.79 Å². The van der Waals surface area contributed by atoms with E-state index in [9.17, 15) is 4.79 Å². The van der Waals surface area contributed by atoms with Crippen molar-refractivity contribution in [3.05, 3.63) is 0 Å². The number of rotatable bonds is 2. The van der Waals surface area contributed by atoms with Gasteiger partial charge >= 0.3 is 0 Å². The van der Waals surface area contributed by atoms with Crippen LogP contribution >= 0.6 is 12.4 Å². The molecule has 0 radical (unpaired) electrons. The van der Waals surface area contributed by atoms with Gasteiger partial charge in [0.15, 0.2) is 0 Å². The first kappa shape index (κ1) is 14.8. The molecule has 100 valence electrons. The fourth-order valence-corrected chi connectivity index (χ4v) is 3.07. The Bertz CT molecular complexity index is 263. The van der Waals surface area contributed by atoms with E-state index in [4.69, 9.17) is 0 Å². The third-order valence-electron chi connectivity index (χ3n) is 3.56. The number of carbonyl (C=O) groups excluding carboxylic acids is 1. The summed E-state index contributed by atoms with van der Waals surface area (Å²) >= 11 is 0. The van der Waals surface area contributed by atoms with Crippen molar-refractivity contribution in [3.8, 4) is 0 Å². The van der Waals surface area contributed by atoms with Crippen LogP contribution in [0.4, 0.5) is 0 Å². The molecule has 0 spiro atoms. The largest absolute Gasteiger partial charge is 0.352 e. The summed E-state index contributed by atoms with van der Waals surface area (Å²) in [5.41, 5.74) is -0.0943. The zero-order chi connectivity index (χ0) is 11.8. The number of carbonyl (C=O) groups is 1. The number of fused-ring (bicyclic) bond motifs is 2. The Morgan fingerprint density at radius 1 is 1.24 bits per heavy atom. The molecule has 2 saturated heterocycles. The molecule has 0 aromatic heterocycles. The highest BCUT2D eigenvalue weighted by Gasteiger charge is 2.34. The van der Waals surface area contributed by atoms with Gasteiger partial charge in [0.1, 0.15) is 0 Å². The number of amides is 1. The number of hydrogen-bond donors (Lipinski definition) is 2. The van der Waals surface area contributed by atoms with Gasteiger partial charge in [-0.3, -0.25) is 4.79 Å². The fourth-order valence-electron chi connectivity index (χ4n) is 3.07. The molecule has 2 rings (SSSR count). The molecule has 2 atom stereocenters. The van der Waals surface area contributed by atoms with Crippen LogP contribution in [0.3, 0.4) is 0 Å². The topological polar surface area (TPSA) is 41.1 Å². The molecule has 17 heavy (non-hydrogen) atoms. The van der Waals surface area contributed by atoms with Gasteiger partial charge in [0.2, 0.25) is 5.91 Å². The van der Waals surface area contributed by atoms with Gasteiger partial charge in [-0.1, -0.05) is 0 Å². The van der Waals surface area contributed by atoms with E-state index in [1.165, 1.54) is 25.7 Å². The highest BCUT2D eigenvalue weighted by Crippen LogP contribution is 2.32. The number of piperidine rings is 1. The Labute approximate surface area is 111 Å². The third kappa shape index (κ3) is 4.47. The molecule has 2 N–H and O–H groups in total. The van der Waals surface area contributed by atoms with Crippen molar-refractivity contribution in [2.45, 2.75) is 70.5 Å². The van der Waals surface area contributed by atoms with Crippen LogP contribution in [0.15, 0.2) is 0 Å². The molecule has 2 aliphatic heterocycles. The molecular formula is C13H25ClN2O. The number of halogens is 1. The first-order valence-electron chi connectivity index (χ1n) is 6.49. The van der Waals surface area contributed by atoms with Gasteiger partial charge < -0.3 is 10.6 Å². The zero-order valence-corrected chi connectivity index (χ0v) is 11.9. The Hall–Kier alpha value is -0.280. The molecular weight excluding hydrogens is 236 g/mol. The van der Waals surface area contributed by atoms with Gasteiger partial charge in [0.25, 0.3) is 0 Å². The number of nitrogens with one attached hydrogen (secondary N) is 2. The second kappa shape index (κ2) is 5.57. The monoisotopic (exact) mass is 260 g/mol. The Balaban J connectivity index is 0.00000144. The van der Waals surface area contributed by atoms with E-state index in [0.29, 0.717) is 24.4 Å². The fraction of sp³-hybridized carbons (Fsp3) is 0.923. The van der Waals surface area contributed by atoms with E-state index in [0.717, 1.165) is 0 Å². The minimum absolute atomic E-state index is 0. The molecule has 0 aromatic rings. The summed E-state index contributed by atoms with van der Waals surface area (Å²) in [7, 11) is 0. The van der Waals surface area contributed by atoms with Gasteiger partial charge in [-0.05, 0) is 52.4 Å². The van der Waals surface area contributed by atoms with Crippen LogP contribution in [0.5, 0.6) is 0 Å². The average molecular weight is 261 g/mol. The predicted octanol–water partition coefficient (Wildman–Crippen LogP) is 2.24. The summed E-state index contributed by atoms with van der Waals surface area (Å²) < 4.78 is 0. The standard InChI is InChI=1S/C13H24N2O.ClH/c1-13(2,3)15-12(16)8-9-6-10-4-5-11(7-9)14-10;/h9-11,14H,4-8H2,1-3H3,(H,15,16);1H. The van der Waals surface area contributed by atoms with E-state index >= 15 is 0 Å². The molecule has 1 amide bonds. The summed E-state index contributed by atoms with van der Waals surface area (Å²) in [6, 6.07) is 1.37. The SMILES string of the molecule is CC(C)(C)NC(=O)CC1CC2CCC(C1)N2.Cl. The van der Waals surface area contributed by atoms with Gasteiger partial charge in [0.05, 0.1) is 0 Å². The van der Waals surface area contributed by atoms with Crippen LogP contribution in [0.1, 0.15) is 52.9 Å². The summed E-state index contributed by atoms with van der Waals surface area (Å²) in [5.74, 6) is 0.819. The van der Waals surface area contributed by atoms with E-state index in [2.05, 4.69) is 10.6 Å². The maximum absolute atomic E-state index is 11.8. The summed E-state index contributed by atoms with van der Waals surface area (Å²) in [4.78, 5) is 11.8.